The van der Waals surface area contributed by atoms with Crippen LogP contribution in [0.1, 0.15) is 36.8 Å². The van der Waals surface area contributed by atoms with Crippen molar-refractivity contribution in [1.82, 2.24) is 24.8 Å². The molecular weight excluding hydrogens is 450 g/mol. The van der Waals surface area contributed by atoms with Gasteiger partial charge in [-0.25, -0.2) is 4.52 Å². The lowest BCUT2D eigenvalue weighted by Gasteiger charge is -2.28. The van der Waals surface area contributed by atoms with Crippen LogP contribution in [0.3, 0.4) is 0 Å². The lowest BCUT2D eigenvalue weighted by Crippen LogP contribution is -2.40. The Hall–Kier alpha value is -3.39. The summed E-state index contributed by atoms with van der Waals surface area (Å²) >= 11 is 1.56. The van der Waals surface area contributed by atoms with Crippen molar-refractivity contribution in [2.45, 2.75) is 37.8 Å². The minimum Gasteiger partial charge on any atom is -0.390 e. The zero-order valence-electron chi connectivity index (χ0n) is 18.8. The van der Waals surface area contributed by atoms with Crippen LogP contribution in [0.4, 0.5) is 5.69 Å². The van der Waals surface area contributed by atoms with Crippen LogP contribution in [-0.2, 0) is 4.74 Å². The maximum atomic E-state index is 10.3. The Bertz CT molecular complexity index is 1430. The van der Waals surface area contributed by atoms with E-state index in [0.29, 0.717) is 18.8 Å². The third-order valence-electron chi connectivity index (χ3n) is 6.48. The molecule has 2 N–H and O–H groups in total. The number of ether oxygens (including phenoxy) is 1. The highest BCUT2D eigenvalue weighted by Gasteiger charge is 2.49. The summed E-state index contributed by atoms with van der Waals surface area (Å²) in [7, 11) is 0. The first-order valence-electron chi connectivity index (χ1n) is 11.2. The lowest BCUT2D eigenvalue weighted by molar-refractivity contribution is 0.0211. The van der Waals surface area contributed by atoms with E-state index in [1.54, 1.807) is 28.1 Å². The first-order valence-corrected chi connectivity index (χ1v) is 12.0. The van der Waals surface area contributed by atoms with Crippen molar-refractivity contribution in [3.8, 4) is 28.0 Å². The molecule has 0 amide bonds. The molecule has 0 radical (unpaired) electrons. The largest absolute Gasteiger partial charge is 0.390 e. The molecule has 9 nitrogen and oxygen atoms in total. The maximum absolute atomic E-state index is 10.3. The number of nitrogens with one attached hydrogen (secondary N) is 1. The molecule has 1 saturated carbocycles. The molecule has 0 unspecified atom stereocenters. The number of anilines is 1. The van der Waals surface area contributed by atoms with Gasteiger partial charge in [-0.2, -0.15) is 10.4 Å². The van der Waals surface area contributed by atoms with Crippen LogP contribution in [0, 0.1) is 17.2 Å². The minimum absolute atomic E-state index is 0.218. The van der Waals surface area contributed by atoms with Crippen LogP contribution in [0.5, 0.6) is 0 Å². The predicted molar refractivity (Wildman–Crippen MR) is 127 cm³/mol. The van der Waals surface area contributed by atoms with E-state index in [-0.39, 0.29) is 17.9 Å². The van der Waals surface area contributed by atoms with E-state index in [0.717, 1.165) is 44.6 Å². The second-order valence-electron chi connectivity index (χ2n) is 9.45. The fourth-order valence-electron chi connectivity index (χ4n) is 4.42. The summed E-state index contributed by atoms with van der Waals surface area (Å²) in [6, 6.07) is 10.0. The average Bonchev–Trinajstić information content (AvgIpc) is 3.29. The van der Waals surface area contributed by atoms with Crippen LogP contribution in [0.15, 0.2) is 36.7 Å². The van der Waals surface area contributed by atoms with E-state index in [4.69, 9.17) is 15.0 Å². The standard InChI is InChI=1S/C24H23N7O2S/c1-24(2,32)18-6-16(18)22-29-30-23(34-22)17-10-26-20(7-19(17)28-14-11-33-12-14)21-4-3-15-5-13(8-25)9-27-31(15)21/h3-5,7,9-10,14,16,18,32H,6,11-12H2,1-2H3,(H,26,28)/t16-,18-/m0/s1. The summed E-state index contributed by atoms with van der Waals surface area (Å²) in [5, 5.41) is 38.1. The molecule has 2 aliphatic rings. The molecule has 0 aromatic carbocycles. The van der Waals surface area contributed by atoms with Gasteiger partial charge in [0.15, 0.2) is 5.01 Å². The first kappa shape index (κ1) is 21.2. The average molecular weight is 474 g/mol. The molecule has 2 fully saturated rings. The molecule has 5 heterocycles. The SMILES string of the molecule is CC(C)(O)[C@H]1C[C@@H]1c1nnc(-c2cnc(-c3ccc4cc(C#N)cnn34)cc2NC2COC2)s1. The highest BCUT2D eigenvalue weighted by atomic mass is 32.1. The molecule has 1 aliphatic heterocycles. The summed E-state index contributed by atoms with van der Waals surface area (Å²) in [4.78, 5) is 4.73. The smallest absolute Gasteiger partial charge is 0.151 e. The third kappa shape index (κ3) is 3.72. The van der Waals surface area contributed by atoms with Gasteiger partial charge in [-0.1, -0.05) is 11.3 Å². The van der Waals surface area contributed by atoms with E-state index >= 15 is 0 Å². The van der Waals surface area contributed by atoms with Gasteiger partial charge in [-0.3, -0.25) is 4.98 Å². The van der Waals surface area contributed by atoms with Crippen LogP contribution in [-0.4, -0.2) is 54.8 Å². The van der Waals surface area contributed by atoms with E-state index in [2.05, 4.69) is 26.7 Å². The summed E-state index contributed by atoms with van der Waals surface area (Å²) in [5.74, 6) is 0.474. The number of rotatable bonds is 6. The second-order valence-corrected chi connectivity index (χ2v) is 10.5. The predicted octanol–water partition coefficient (Wildman–Crippen LogP) is 3.47. The molecule has 1 saturated heterocycles. The molecule has 0 bridgehead atoms. The van der Waals surface area contributed by atoms with Gasteiger partial charge in [0.25, 0.3) is 0 Å². The minimum atomic E-state index is -0.710. The molecule has 4 aromatic rings. The summed E-state index contributed by atoms with van der Waals surface area (Å²) in [6.45, 7) is 5.01. The van der Waals surface area contributed by atoms with Crippen molar-refractivity contribution in [2.24, 2.45) is 5.92 Å². The highest BCUT2D eigenvalue weighted by Crippen LogP contribution is 2.54. The van der Waals surface area contributed by atoms with Gasteiger partial charge < -0.3 is 15.2 Å². The van der Waals surface area contributed by atoms with Gasteiger partial charge in [-0.05, 0) is 50.5 Å². The van der Waals surface area contributed by atoms with Crippen molar-refractivity contribution in [3.05, 3.63) is 47.2 Å². The molecule has 172 valence electrons. The number of aromatic nitrogens is 5. The van der Waals surface area contributed by atoms with Gasteiger partial charge in [0.2, 0.25) is 0 Å². The molecule has 2 atom stereocenters. The van der Waals surface area contributed by atoms with Crippen molar-refractivity contribution >= 4 is 22.5 Å². The van der Waals surface area contributed by atoms with Gasteiger partial charge in [0, 0.05) is 17.8 Å². The van der Waals surface area contributed by atoms with Crippen molar-refractivity contribution < 1.29 is 9.84 Å². The quantitative estimate of drug-likeness (QED) is 0.437. The van der Waals surface area contributed by atoms with Crippen molar-refractivity contribution in [3.63, 3.8) is 0 Å². The fourth-order valence-corrected chi connectivity index (χ4v) is 5.47. The van der Waals surface area contributed by atoms with Crippen molar-refractivity contribution in [2.75, 3.05) is 18.5 Å². The molecule has 0 spiro atoms. The monoisotopic (exact) mass is 473 g/mol. The molecule has 6 rings (SSSR count). The summed E-state index contributed by atoms with van der Waals surface area (Å²) in [6.07, 6.45) is 4.31. The normalized spacial score (nSPS) is 20.2. The van der Waals surface area contributed by atoms with E-state index < -0.39 is 5.60 Å². The van der Waals surface area contributed by atoms with E-state index in [9.17, 15) is 5.11 Å². The van der Waals surface area contributed by atoms with E-state index in [1.807, 2.05) is 38.2 Å². The Morgan fingerprint density at radius 2 is 2.09 bits per heavy atom. The Balaban J connectivity index is 1.36. The van der Waals surface area contributed by atoms with Gasteiger partial charge in [0.1, 0.15) is 11.1 Å². The number of aliphatic hydroxyl groups is 1. The van der Waals surface area contributed by atoms with Crippen LogP contribution in [0.2, 0.25) is 0 Å². The third-order valence-corrected chi connectivity index (χ3v) is 7.57. The van der Waals surface area contributed by atoms with Crippen LogP contribution < -0.4 is 5.32 Å². The van der Waals surface area contributed by atoms with Crippen molar-refractivity contribution in [1.29, 1.82) is 5.26 Å². The Labute approximate surface area is 200 Å². The zero-order valence-corrected chi connectivity index (χ0v) is 19.6. The molecule has 10 heteroatoms. The molecule has 1 aliphatic carbocycles. The fraction of sp³-hybridized carbons (Fsp3) is 0.375. The number of pyridine rings is 1. The number of hydrogen-bond acceptors (Lipinski definition) is 9. The number of fused-ring (bicyclic) bond motifs is 1. The van der Waals surface area contributed by atoms with Crippen LogP contribution >= 0.6 is 11.3 Å². The van der Waals surface area contributed by atoms with Gasteiger partial charge >= 0.3 is 0 Å². The highest BCUT2D eigenvalue weighted by molar-refractivity contribution is 7.14. The summed E-state index contributed by atoms with van der Waals surface area (Å²) in [5.41, 5.74) is 4.04. The molecule has 34 heavy (non-hydrogen) atoms. The number of nitriles is 1. The zero-order chi connectivity index (χ0) is 23.4. The number of nitrogens with zero attached hydrogens (tertiary/aromatic N) is 6. The Kier molecular flexibility index (Phi) is 4.88. The maximum Gasteiger partial charge on any atom is 0.151 e. The first-order chi connectivity index (χ1) is 16.4. The van der Waals surface area contributed by atoms with Gasteiger partial charge in [0.05, 0.1) is 59.1 Å². The summed E-state index contributed by atoms with van der Waals surface area (Å²) < 4.78 is 7.14. The molecular formula is C24H23N7O2S. The lowest BCUT2D eigenvalue weighted by atomic mass is 10.0. The second kappa shape index (κ2) is 7.84. The van der Waals surface area contributed by atoms with Crippen LogP contribution in [0.25, 0.3) is 27.5 Å². The Morgan fingerprint density at radius 1 is 1.24 bits per heavy atom. The topological polar surface area (TPSA) is 121 Å². The van der Waals surface area contributed by atoms with Gasteiger partial charge in [-0.15, -0.1) is 10.2 Å². The van der Waals surface area contributed by atoms with E-state index in [1.165, 1.54) is 0 Å². The number of hydrogen-bond donors (Lipinski definition) is 2. The Morgan fingerprint density at radius 3 is 2.79 bits per heavy atom. The molecule has 4 aromatic heterocycles.